The highest BCUT2D eigenvalue weighted by molar-refractivity contribution is 6.37. The fourth-order valence-corrected chi connectivity index (χ4v) is 0.392. The Kier molecular flexibility index (Phi) is 3.94. The molecule has 0 saturated carbocycles. The number of carboxylic acid groups (broad SMARTS) is 2. The SMILES string of the molecule is O=C(O)C(=O)/C=C/C(=C/[O-])C(=O)[O-]. The van der Waals surface area contributed by atoms with Crippen LogP contribution in [0.4, 0.5) is 0 Å². The molecule has 0 amide bonds. The molecule has 0 aromatic carbocycles. The lowest BCUT2D eigenvalue weighted by Crippen LogP contribution is -2.24. The number of carboxylic acids is 2. The zero-order valence-electron chi connectivity index (χ0n) is 6.22. The van der Waals surface area contributed by atoms with Crippen LogP contribution in [0.25, 0.3) is 0 Å². The molecule has 6 nitrogen and oxygen atoms in total. The molecule has 0 rings (SSSR count). The first-order valence-corrected chi connectivity index (χ1v) is 2.98. The Morgan fingerprint density at radius 1 is 1.15 bits per heavy atom. The normalized spacial score (nSPS) is 11.5. The molecule has 6 heteroatoms. The second-order valence-electron chi connectivity index (χ2n) is 1.86. The van der Waals surface area contributed by atoms with Gasteiger partial charge in [-0.15, -0.1) is 6.26 Å². The van der Waals surface area contributed by atoms with Gasteiger partial charge in [0.2, 0.25) is 0 Å². The minimum absolute atomic E-state index is 0.0546. The van der Waals surface area contributed by atoms with Crippen molar-refractivity contribution in [2.24, 2.45) is 0 Å². The predicted molar refractivity (Wildman–Crippen MR) is 34.9 cm³/mol. The molecule has 0 aromatic rings. The highest BCUT2D eigenvalue weighted by atomic mass is 16.4. The van der Waals surface area contributed by atoms with Gasteiger partial charge < -0.3 is 20.1 Å². The van der Waals surface area contributed by atoms with Gasteiger partial charge in [0, 0.05) is 0 Å². The summed E-state index contributed by atoms with van der Waals surface area (Å²) >= 11 is 0. The van der Waals surface area contributed by atoms with Gasteiger partial charge in [-0.3, -0.25) is 4.79 Å². The standard InChI is InChI=1S/C7H6O6/c8-3-4(6(10)11)1-2-5(9)7(12)13/h1-3,8H,(H,10,11)(H,12,13)/p-2/b2-1+,4-3-. The van der Waals surface area contributed by atoms with Crippen molar-refractivity contribution in [3.63, 3.8) is 0 Å². The van der Waals surface area contributed by atoms with Crippen LogP contribution in [0.15, 0.2) is 24.0 Å². The third kappa shape index (κ3) is 3.71. The summed E-state index contributed by atoms with van der Waals surface area (Å²) in [6, 6.07) is 0. The maximum atomic E-state index is 10.4. The van der Waals surface area contributed by atoms with Crippen LogP contribution in [0.3, 0.4) is 0 Å². The van der Waals surface area contributed by atoms with Crippen LogP contribution >= 0.6 is 0 Å². The number of carbonyl (C=O) groups is 3. The van der Waals surface area contributed by atoms with Crippen molar-refractivity contribution in [3.05, 3.63) is 24.0 Å². The highest BCUT2D eigenvalue weighted by Gasteiger charge is 2.05. The molecule has 13 heavy (non-hydrogen) atoms. The van der Waals surface area contributed by atoms with E-state index < -0.39 is 23.3 Å². The van der Waals surface area contributed by atoms with E-state index in [0.717, 1.165) is 0 Å². The maximum absolute atomic E-state index is 10.4. The van der Waals surface area contributed by atoms with Crippen molar-refractivity contribution < 1.29 is 29.7 Å². The van der Waals surface area contributed by atoms with E-state index in [-0.39, 0.29) is 6.26 Å². The summed E-state index contributed by atoms with van der Waals surface area (Å²) in [5, 5.41) is 28.0. The van der Waals surface area contributed by atoms with Gasteiger partial charge in [-0.2, -0.15) is 0 Å². The quantitative estimate of drug-likeness (QED) is 0.218. The fourth-order valence-electron chi connectivity index (χ4n) is 0.392. The van der Waals surface area contributed by atoms with Gasteiger partial charge in [-0.05, 0) is 11.6 Å². The van der Waals surface area contributed by atoms with Crippen LogP contribution in [0.2, 0.25) is 0 Å². The Morgan fingerprint density at radius 3 is 2.00 bits per heavy atom. The monoisotopic (exact) mass is 184 g/mol. The average molecular weight is 184 g/mol. The molecule has 0 aromatic heterocycles. The minimum atomic E-state index is -1.77. The molecule has 0 aliphatic rings. The third-order valence-corrected chi connectivity index (χ3v) is 0.988. The molecule has 0 atom stereocenters. The summed E-state index contributed by atoms with van der Waals surface area (Å²) in [5.41, 5.74) is -0.797. The number of ketones is 1. The van der Waals surface area contributed by atoms with Crippen molar-refractivity contribution in [2.45, 2.75) is 0 Å². The summed E-state index contributed by atoms with van der Waals surface area (Å²) in [6.07, 6.45) is 0.974. The van der Waals surface area contributed by atoms with Crippen LogP contribution in [-0.4, -0.2) is 22.8 Å². The topological polar surface area (TPSA) is 118 Å². The maximum Gasteiger partial charge on any atom is 0.376 e. The molecule has 1 N–H and O–H groups in total. The van der Waals surface area contributed by atoms with Crippen molar-refractivity contribution in [1.29, 1.82) is 0 Å². The number of hydrogen-bond acceptors (Lipinski definition) is 5. The molecule has 0 fully saturated rings. The Morgan fingerprint density at radius 2 is 1.69 bits per heavy atom. The molecule has 0 saturated heterocycles. The van der Waals surface area contributed by atoms with Crippen molar-refractivity contribution in [3.8, 4) is 0 Å². The Hall–Kier alpha value is -2.11. The molecule has 0 heterocycles. The lowest BCUT2D eigenvalue weighted by Gasteiger charge is -2.04. The molecule has 0 spiro atoms. The molecule has 70 valence electrons. The van der Waals surface area contributed by atoms with Crippen LogP contribution in [0.5, 0.6) is 0 Å². The Balaban J connectivity index is 4.51. The molecule has 0 aliphatic carbocycles. The summed E-state index contributed by atoms with van der Waals surface area (Å²) in [6.45, 7) is 0. The second-order valence-corrected chi connectivity index (χ2v) is 1.86. The van der Waals surface area contributed by atoms with Crippen LogP contribution in [0.1, 0.15) is 0 Å². The summed E-state index contributed by atoms with van der Waals surface area (Å²) in [4.78, 5) is 30.3. The third-order valence-electron chi connectivity index (χ3n) is 0.988. The highest BCUT2D eigenvalue weighted by Crippen LogP contribution is 1.92. The first kappa shape index (κ1) is 10.9. The van der Waals surface area contributed by atoms with E-state index in [2.05, 4.69) is 0 Å². The average Bonchev–Trinajstić information content (AvgIpc) is 2.04. The zero-order valence-corrected chi connectivity index (χ0v) is 6.22. The molecular weight excluding hydrogens is 180 g/mol. The van der Waals surface area contributed by atoms with E-state index in [4.69, 9.17) is 5.11 Å². The largest absolute Gasteiger partial charge is 0.877 e. The Bertz CT molecular complexity index is 298. The summed E-state index contributed by atoms with van der Waals surface area (Å²) in [5.74, 6) is -4.83. The lowest BCUT2D eigenvalue weighted by molar-refractivity contribution is -0.303. The smallest absolute Gasteiger partial charge is 0.376 e. The molecule has 0 bridgehead atoms. The first-order chi connectivity index (χ1) is 5.99. The van der Waals surface area contributed by atoms with Crippen LogP contribution < -0.4 is 10.2 Å². The van der Waals surface area contributed by atoms with E-state index in [1.54, 1.807) is 0 Å². The molecule has 0 aliphatic heterocycles. The van der Waals surface area contributed by atoms with Gasteiger partial charge in [-0.1, -0.05) is 6.08 Å². The van der Waals surface area contributed by atoms with Gasteiger partial charge in [0.25, 0.3) is 5.78 Å². The zero-order chi connectivity index (χ0) is 10.4. The van der Waals surface area contributed by atoms with E-state index in [9.17, 15) is 24.6 Å². The van der Waals surface area contributed by atoms with Crippen LogP contribution in [-0.2, 0) is 14.4 Å². The first-order valence-electron chi connectivity index (χ1n) is 2.98. The molecule has 0 radical (unpaired) electrons. The van der Waals surface area contributed by atoms with E-state index in [1.165, 1.54) is 0 Å². The van der Waals surface area contributed by atoms with Gasteiger partial charge >= 0.3 is 5.97 Å². The Labute approximate surface area is 72.4 Å². The molecular formula is C7H4O6-2. The van der Waals surface area contributed by atoms with Crippen molar-refractivity contribution in [2.75, 3.05) is 0 Å². The number of carbonyl (C=O) groups excluding carboxylic acids is 2. The predicted octanol–water partition coefficient (Wildman–Crippen LogP) is -2.81. The van der Waals surface area contributed by atoms with Crippen molar-refractivity contribution in [1.82, 2.24) is 0 Å². The number of rotatable bonds is 4. The molecule has 0 unspecified atom stereocenters. The van der Waals surface area contributed by atoms with Gasteiger partial charge in [0.15, 0.2) is 0 Å². The van der Waals surface area contributed by atoms with Gasteiger partial charge in [0.05, 0.1) is 5.97 Å². The number of hydrogen-bond donors (Lipinski definition) is 1. The summed E-state index contributed by atoms with van der Waals surface area (Å²) in [7, 11) is 0. The lowest BCUT2D eigenvalue weighted by atomic mass is 10.2. The van der Waals surface area contributed by atoms with E-state index in [1.807, 2.05) is 0 Å². The van der Waals surface area contributed by atoms with Crippen molar-refractivity contribution >= 4 is 17.7 Å². The van der Waals surface area contributed by atoms with E-state index >= 15 is 0 Å². The summed E-state index contributed by atoms with van der Waals surface area (Å²) < 4.78 is 0. The van der Waals surface area contributed by atoms with Gasteiger partial charge in [-0.25, -0.2) is 4.79 Å². The van der Waals surface area contributed by atoms with Crippen LogP contribution in [0, 0.1) is 0 Å². The fraction of sp³-hybridized carbons (Fsp3) is 0. The minimum Gasteiger partial charge on any atom is -0.877 e. The second kappa shape index (κ2) is 4.70. The number of aliphatic carboxylic acids is 2. The van der Waals surface area contributed by atoms with Gasteiger partial charge in [0.1, 0.15) is 0 Å². The van der Waals surface area contributed by atoms with E-state index in [0.29, 0.717) is 12.2 Å².